The summed E-state index contributed by atoms with van der Waals surface area (Å²) in [5.74, 6) is -0.125. The Labute approximate surface area is 216 Å². The lowest BCUT2D eigenvalue weighted by Crippen LogP contribution is -2.37. The topological polar surface area (TPSA) is 104 Å². The third-order valence-electron chi connectivity index (χ3n) is 6.29. The van der Waals surface area contributed by atoms with Crippen LogP contribution in [0.1, 0.15) is 42.3 Å². The Hall–Kier alpha value is -3.82. The molecule has 2 heterocycles. The van der Waals surface area contributed by atoms with Crippen LogP contribution in [0, 0.1) is 10.1 Å². The Morgan fingerprint density at radius 1 is 1.08 bits per heavy atom. The lowest BCUT2D eigenvalue weighted by molar-refractivity contribution is -0.386. The summed E-state index contributed by atoms with van der Waals surface area (Å²) in [6.07, 6.45) is 2.52. The van der Waals surface area contributed by atoms with Crippen molar-refractivity contribution in [3.63, 3.8) is 0 Å². The first-order chi connectivity index (χ1) is 17.7. The van der Waals surface area contributed by atoms with E-state index in [1.165, 1.54) is 12.1 Å². The molecule has 1 aliphatic rings. The number of nitro benzene ring substituents is 1. The molecule has 1 aliphatic heterocycles. The van der Waals surface area contributed by atoms with Gasteiger partial charge >= 0.3 is 5.69 Å². The van der Waals surface area contributed by atoms with Gasteiger partial charge in [0.1, 0.15) is 0 Å². The molecule has 37 heavy (non-hydrogen) atoms. The maximum Gasteiger partial charge on any atom is 0.313 e. The number of nitro groups is 1. The maximum atomic E-state index is 13.3. The summed E-state index contributed by atoms with van der Waals surface area (Å²) in [4.78, 5) is 30.7. The second-order valence-corrected chi connectivity index (χ2v) is 9.83. The fraction of sp³-hybridized carbons (Fsp3) is 0.357. The van der Waals surface area contributed by atoms with Gasteiger partial charge in [-0.1, -0.05) is 32.9 Å². The summed E-state index contributed by atoms with van der Waals surface area (Å²) in [5, 5.41) is 11.7. The van der Waals surface area contributed by atoms with Crippen LogP contribution in [0.25, 0.3) is 11.3 Å². The van der Waals surface area contributed by atoms with E-state index in [-0.39, 0.29) is 29.6 Å². The van der Waals surface area contributed by atoms with Gasteiger partial charge in [0.2, 0.25) is 0 Å². The highest BCUT2D eigenvalue weighted by Gasteiger charge is 2.28. The first-order valence-corrected chi connectivity index (χ1v) is 12.1. The zero-order chi connectivity index (χ0) is 26.6. The first kappa shape index (κ1) is 26.2. The number of pyridine rings is 1. The van der Waals surface area contributed by atoms with Crippen molar-refractivity contribution < 1.29 is 23.9 Å². The molecule has 0 atom stereocenters. The molecule has 3 aromatic rings. The van der Waals surface area contributed by atoms with E-state index in [0.29, 0.717) is 37.4 Å². The summed E-state index contributed by atoms with van der Waals surface area (Å²) in [6, 6.07) is 14.3. The van der Waals surface area contributed by atoms with Crippen molar-refractivity contribution >= 4 is 17.3 Å². The van der Waals surface area contributed by atoms with Crippen LogP contribution in [0.4, 0.5) is 11.4 Å². The van der Waals surface area contributed by atoms with Crippen molar-refractivity contribution in [1.29, 1.82) is 0 Å². The minimum absolute atomic E-state index is 0.0223. The lowest BCUT2D eigenvalue weighted by Gasteiger charge is -2.29. The third kappa shape index (κ3) is 5.95. The molecular weight excluding hydrogens is 474 g/mol. The molecule has 9 heteroatoms. The SMILES string of the molecule is COCCOCOc1ccc(N2CCc3cc(-c4ccc(C(C)(C)C)cn4)ccc3C2=O)cc1[N+](=O)[O-]. The summed E-state index contributed by atoms with van der Waals surface area (Å²) in [5.41, 5.74) is 4.70. The van der Waals surface area contributed by atoms with Crippen molar-refractivity contribution in [2.45, 2.75) is 32.6 Å². The Morgan fingerprint density at radius 3 is 2.57 bits per heavy atom. The minimum atomic E-state index is -0.527. The molecule has 2 aromatic carbocycles. The van der Waals surface area contributed by atoms with Gasteiger partial charge < -0.3 is 19.1 Å². The van der Waals surface area contributed by atoms with E-state index in [1.54, 1.807) is 18.1 Å². The number of fused-ring (bicyclic) bond motifs is 1. The molecule has 0 bridgehead atoms. The summed E-state index contributed by atoms with van der Waals surface area (Å²) < 4.78 is 15.6. The molecule has 0 aliphatic carbocycles. The van der Waals surface area contributed by atoms with E-state index < -0.39 is 4.92 Å². The van der Waals surface area contributed by atoms with E-state index in [9.17, 15) is 14.9 Å². The number of rotatable bonds is 9. The van der Waals surface area contributed by atoms with Crippen molar-refractivity contribution in [1.82, 2.24) is 4.98 Å². The van der Waals surface area contributed by atoms with Crippen molar-refractivity contribution in [3.8, 4) is 17.0 Å². The molecule has 1 aromatic heterocycles. The molecular formula is C28H31N3O6. The van der Waals surface area contributed by atoms with Crippen LogP contribution in [-0.4, -0.2) is 49.5 Å². The lowest BCUT2D eigenvalue weighted by atomic mass is 9.88. The van der Waals surface area contributed by atoms with E-state index in [2.05, 4.69) is 31.8 Å². The molecule has 0 fully saturated rings. The van der Waals surface area contributed by atoms with Crippen LogP contribution in [0.5, 0.6) is 5.75 Å². The van der Waals surface area contributed by atoms with Gasteiger partial charge in [-0.05, 0) is 53.3 Å². The Bertz CT molecular complexity index is 1280. The second-order valence-electron chi connectivity index (χ2n) is 9.83. The molecule has 9 nitrogen and oxygen atoms in total. The van der Waals surface area contributed by atoms with E-state index >= 15 is 0 Å². The molecule has 0 unspecified atom stereocenters. The predicted octanol–water partition coefficient (Wildman–Crippen LogP) is 5.16. The number of hydrogen-bond acceptors (Lipinski definition) is 7. The molecule has 0 saturated heterocycles. The van der Waals surface area contributed by atoms with Gasteiger partial charge in [0.15, 0.2) is 12.5 Å². The van der Waals surface area contributed by atoms with Crippen molar-refractivity contribution in [3.05, 3.63) is 81.5 Å². The molecule has 194 valence electrons. The fourth-order valence-corrected chi connectivity index (χ4v) is 4.15. The van der Waals surface area contributed by atoms with E-state index in [4.69, 9.17) is 14.2 Å². The minimum Gasteiger partial charge on any atom is -0.460 e. The highest BCUT2D eigenvalue weighted by Crippen LogP contribution is 2.34. The quantitative estimate of drug-likeness (QED) is 0.171. The average molecular weight is 506 g/mol. The monoisotopic (exact) mass is 505 g/mol. The summed E-state index contributed by atoms with van der Waals surface area (Å²) in [6.45, 7) is 7.41. The standard InChI is InChI=1S/C28H31N3O6/c1-28(2,3)21-6-9-24(29-17-21)20-5-8-23-19(15-20)11-12-30(27(23)32)22-7-10-26(25(16-22)31(33)34)37-18-36-14-13-35-4/h5-10,15-17H,11-14,18H2,1-4H3. The maximum absolute atomic E-state index is 13.3. The smallest absolute Gasteiger partial charge is 0.313 e. The number of methoxy groups -OCH3 is 1. The molecule has 1 amide bonds. The molecule has 0 saturated carbocycles. The fourth-order valence-electron chi connectivity index (χ4n) is 4.15. The number of aromatic nitrogens is 1. The van der Waals surface area contributed by atoms with Gasteiger partial charge in [0.25, 0.3) is 5.91 Å². The summed E-state index contributed by atoms with van der Waals surface area (Å²) >= 11 is 0. The highest BCUT2D eigenvalue weighted by molar-refractivity contribution is 6.08. The number of nitrogens with zero attached hydrogens (tertiary/aromatic N) is 3. The van der Waals surface area contributed by atoms with Crippen LogP contribution in [-0.2, 0) is 21.3 Å². The van der Waals surface area contributed by atoms with Gasteiger partial charge in [0, 0.05) is 37.0 Å². The van der Waals surface area contributed by atoms with Crippen molar-refractivity contribution in [2.75, 3.05) is 38.6 Å². The van der Waals surface area contributed by atoms with Gasteiger partial charge in [-0.15, -0.1) is 0 Å². The number of carbonyl (C=O) groups is 1. The summed E-state index contributed by atoms with van der Waals surface area (Å²) in [7, 11) is 1.55. The number of carbonyl (C=O) groups excluding carboxylic acids is 1. The molecule has 4 rings (SSSR count). The van der Waals surface area contributed by atoms with Gasteiger partial charge in [-0.2, -0.15) is 0 Å². The van der Waals surface area contributed by atoms with E-state index in [1.807, 2.05) is 30.5 Å². The van der Waals surface area contributed by atoms with Gasteiger partial charge in [0.05, 0.1) is 29.5 Å². The predicted molar refractivity (Wildman–Crippen MR) is 140 cm³/mol. The van der Waals surface area contributed by atoms with Crippen LogP contribution in [0.3, 0.4) is 0 Å². The normalized spacial score (nSPS) is 13.4. The number of benzene rings is 2. The largest absolute Gasteiger partial charge is 0.460 e. The van der Waals surface area contributed by atoms with Crippen LogP contribution >= 0.6 is 0 Å². The third-order valence-corrected chi connectivity index (χ3v) is 6.29. The number of anilines is 1. The van der Waals surface area contributed by atoms with Crippen LogP contribution < -0.4 is 9.64 Å². The molecule has 0 spiro atoms. The Balaban J connectivity index is 1.52. The van der Waals surface area contributed by atoms with Crippen LogP contribution in [0.2, 0.25) is 0 Å². The second kappa shape index (κ2) is 11.1. The molecule has 0 radical (unpaired) electrons. The number of amides is 1. The van der Waals surface area contributed by atoms with Crippen LogP contribution in [0.15, 0.2) is 54.7 Å². The van der Waals surface area contributed by atoms with Gasteiger partial charge in [-0.3, -0.25) is 19.9 Å². The van der Waals surface area contributed by atoms with E-state index in [0.717, 1.165) is 22.4 Å². The van der Waals surface area contributed by atoms with Crippen molar-refractivity contribution in [2.24, 2.45) is 0 Å². The average Bonchev–Trinajstić information content (AvgIpc) is 2.88. The first-order valence-electron chi connectivity index (χ1n) is 12.1. The highest BCUT2D eigenvalue weighted by atomic mass is 16.7. The Morgan fingerprint density at radius 2 is 1.89 bits per heavy atom. The Kier molecular flexibility index (Phi) is 7.85. The zero-order valence-corrected chi connectivity index (χ0v) is 21.5. The molecule has 0 N–H and O–H groups in total. The number of ether oxygens (including phenoxy) is 3. The zero-order valence-electron chi connectivity index (χ0n) is 21.5. The number of hydrogen-bond donors (Lipinski definition) is 0. The van der Waals surface area contributed by atoms with Gasteiger partial charge in [-0.25, -0.2) is 0 Å².